The number of nitrogens with one attached hydrogen (secondary N) is 1. The van der Waals surface area contributed by atoms with Crippen LogP contribution in [0.25, 0.3) is 0 Å². The molecule has 2 heteroatoms. The van der Waals surface area contributed by atoms with Crippen molar-refractivity contribution >= 4 is 0 Å². The summed E-state index contributed by atoms with van der Waals surface area (Å²) < 4.78 is 0. The van der Waals surface area contributed by atoms with E-state index in [-0.39, 0.29) is 6.61 Å². The lowest BCUT2D eigenvalue weighted by molar-refractivity contribution is 0.213. The first-order chi connectivity index (χ1) is 7.80. The van der Waals surface area contributed by atoms with Gasteiger partial charge in [-0.1, -0.05) is 39.5 Å². The number of aliphatic hydroxyl groups excluding tert-OH is 1. The monoisotopic (exact) mass is 227 g/mol. The van der Waals surface area contributed by atoms with E-state index in [1.807, 2.05) is 0 Å². The van der Waals surface area contributed by atoms with Gasteiger partial charge in [-0.25, -0.2) is 0 Å². The average Bonchev–Trinajstić information content (AvgIpc) is 2.33. The highest BCUT2D eigenvalue weighted by Gasteiger charge is 2.20. The molecule has 1 saturated carbocycles. The van der Waals surface area contributed by atoms with Crippen LogP contribution >= 0.6 is 0 Å². The van der Waals surface area contributed by atoms with E-state index >= 15 is 0 Å². The Morgan fingerprint density at radius 1 is 1.12 bits per heavy atom. The number of aliphatic hydroxyl groups is 1. The average molecular weight is 227 g/mol. The van der Waals surface area contributed by atoms with Crippen LogP contribution in [-0.4, -0.2) is 24.3 Å². The van der Waals surface area contributed by atoms with Gasteiger partial charge >= 0.3 is 0 Å². The van der Waals surface area contributed by atoms with Crippen LogP contribution in [0, 0.1) is 11.8 Å². The quantitative estimate of drug-likeness (QED) is 0.701. The molecule has 0 amide bonds. The molecule has 0 radical (unpaired) electrons. The lowest BCUT2D eigenvalue weighted by Gasteiger charge is -2.29. The summed E-state index contributed by atoms with van der Waals surface area (Å²) in [6, 6.07) is 0.313. The molecule has 0 saturated heterocycles. The van der Waals surface area contributed by atoms with Crippen LogP contribution in [0.2, 0.25) is 0 Å². The Balaban J connectivity index is 2.12. The van der Waals surface area contributed by atoms with E-state index in [9.17, 15) is 0 Å². The highest BCUT2D eigenvalue weighted by atomic mass is 16.3. The number of rotatable bonds is 7. The van der Waals surface area contributed by atoms with E-state index in [1.54, 1.807) is 0 Å². The van der Waals surface area contributed by atoms with Gasteiger partial charge in [-0.2, -0.15) is 0 Å². The summed E-state index contributed by atoms with van der Waals surface area (Å²) in [5, 5.41) is 12.6. The molecular formula is C14H29NO. The Kier molecular flexibility index (Phi) is 7.06. The zero-order valence-corrected chi connectivity index (χ0v) is 11.0. The minimum atomic E-state index is 0.279. The van der Waals surface area contributed by atoms with Crippen molar-refractivity contribution in [2.24, 2.45) is 11.8 Å². The molecule has 0 aromatic rings. The van der Waals surface area contributed by atoms with Gasteiger partial charge in [0.15, 0.2) is 0 Å². The normalized spacial score (nSPS) is 27.9. The Morgan fingerprint density at radius 3 is 2.25 bits per heavy atom. The molecule has 1 aliphatic carbocycles. The van der Waals surface area contributed by atoms with Gasteiger partial charge in [-0.3, -0.25) is 0 Å². The van der Waals surface area contributed by atoms with Crippen molar-refractivity contribution in [3.05, 3.63) is 0 Å². The van der Waals surface area contributed by atoms with E-state index < -0.39 is 0 Å². The SMILES string of the molecule is CCCC1CCC(CN[C@H](CC)CO)CC1. The van der Waals surface area contributed by atoms with Crippen LogP contribution in [0.3, 0.4) is 0 Å². The fourth-order valence-corrected chi connectivity index (χ4v) is 2.80. The third-order valence-corrected chi connectivity index (χ3v) is 4.07. The maximum absolute atomic E-state index is 9.11. The number of hydrogen-bond donors (Lipinski definition) is 2. The summed E-state index contributed by atoms with van der Waals surface area (Å²) in [5.41, 5.74) is 0. The van der Waals surface area contributed by atoms with E-state index in [2.05, 4.69) is 19.2 Å². The Labute approximate surface area is 101 Å². The molecular weight excluding hydrogens is 198 g/mol. The second-order valence-corrected chi connectivity index (χ2v) is 5.37. The van der Waals surface area contributed by atoms with Gasteiger partial charge in [-0.15, -0.1) is 0 Å². The highest BCUT2D eigenvalue weighted by molar-refractivity contribution is 4.75. The topological polar surface area (TPSA) is 32.3 Å². The van der Waals surface area contributed by atoms with Gasteiger partial charge in [0.2, 0.25) is 0 Å². The van der Waals surface area contributed by atoms with E-state index in [0.717, 1.165) is 24.8 Å². The van der Waals surface area contributed by atoms with Crippen LogP contribution < -0.4 is 5.32 Å². The minimum Gasteiger partial charge on any atom is -0.395 e. The second-order valence-electron chi connectivity index (χ2n) is 5.37. The summed E-state index contributed by atoms with van der Waals surface area (Å²) in [5.74, 6) is 1.86. The highest BCUT2D eigenvalue weighted by Crippen LogP contribution is 2.31. The predicted molar refractivity (Wildman–Crippen MR) is 69.5 cm³/mol. The zero-order valence-electron chi connectivity index (χ0n) is 11.0. The van der Waals surface area contributed by atoms with Gasteiger partial charge in [0.25, 0.3) is 0 Å². The predicted octanol–water partition coefficient (Wildman–Crippen LogP) is 2.95. The first-order valence-corrected chi connectivity index (χ1v) is 7.14. The summed E-state index contributed by atoms with van der Waals surface area (Å²) in [4.78, 5) is 0. The largest absolute Gasteiger partial charge is 0.395 e. The second kappa shape index (κ2) is 8.08. The van der Waals surface area contributed by atoms with Crippen LogP contribution in [0.4, 0.5) is 0 Å². The Morgan fingerprint density at radius 2 is 1.75 bits per heavy atom. The van der Waals surface area contributed by atoms with Gasteiger partial charge < -0.3 is 10.4 Å². The molecule has 1 fully saturated rings. The van der Waals surface area contributed by atoms with Gasteiger partial charge in [-0.05, 0) is 37.6 Å². The fourth-order valence-electron chi connectivity index (χ4n) is 2.80. The Bertz CT molecular complexity index is 160. The fraction of sp³-hybridized carbons (Fsp3) is 1.00. The third kappa shape index (κ3) is 4.84. The lowest BCUT2D eigenvalue weighted by Crippen LogP contribution is -2.36. The molecule has 2 nitrogen and oxygen atoms in total. The molecule has 1 rings (SSSR count). The molecule has 96 valence electrons. The van der Waals surface area contributed by atoms with Crippen molar-refractivity contribution in [2.45, 2.75) is 64.8 Å². The number of hydrogen-bond acceptors (Lipinski definition) is 2. The standard InChI is InChI=1S/C14H29NO/c1-3-5-12-6-8-13(9-7-12)10-15-14(4-2)11-16/h12-16H,3-11H2,1-2H3/t12?,13?,14-/m1/s1. The van der Waals surface area contributed by atoms with Gasteiger partial charge in [0.05, 0.1) is 6.61 Å². The molecule has 0 bridgehead atoms. The first-order valence-electron chi connectivity index (χ1n) is 7.14. The van der Waals surface area contributed by atoms with Gasteiger partial charge in [0.1, 0.15) is 0 Å². The summed E-state index contributed by atoms with van der Waals surface area (Å²) >= 11 is 0. The van der Waals surface area contributed by atoms with Crippen molar-refractivity contribution in [3.63, 3.8) is 0 Å². The summed E-state index contributed by atoms with van der Waals surface area (Å²) in [6.45, 7) is 5.81. The van der Waals surface area contributed by atoms with E-state index in [1.165, 1.54) is 38.5 Å². The third-order valence-electron chi connectivity index (χ3n) is 4.07. The zero-order chi connectivity index (χ0) is 11.8. The maximum atomic E-state index is 9.11. The first kappa shape index (κ1) is 14.0. The van der Waals surface area contributed by atoms with Crippen LogP contribution in [0.1, 0.15) is 58.8 Å². The molecule has 0 aliphatic heterocycles. The molecule has 1 aliphatic rings. The van der Waals surface area contributed by atoms with E-state index in [4.69, 9.17) is 5.11 Å². The van der Waals surface area contributed by atoms with Crippen molar-refractivity contribution in [2.75, 3.05) is 13.2 Å². The smallest absolute Gasteiger partial charge is 0.0584 e. The van der Waals surface area contributed by atoms with Crippen LogP contribution in [0.5, 0.6) is 0 Å². The lowest BCUT2D eigenvalue weighted by atomic mass is 9.80. The molecule has 0 heterocycles. The summed E-state index contributed by atoms with van der Waals surface area (Å²) in [6.07, 6.45) is 9.43. The molecule has 1 atom stereocenters. The van der Waals surface area contributed by atoms with Crippen molar-refractivity contribution in [3.8, 4) is 0 Å². The van der Waals surface area contributed by atoms with Crippen molar-refractivity contribution < 1.29 is 5.11 Å². The Hall–Kier alpha value is -0.0800. The molecule has 2 N–H and O–H groups in total. The van der Waals surface area contributed by atoms with Crippen molar-refractivity contribution in [1.82, 2.24) is 5.32 Å². The van der Waals surface area contributed by atoms with E-state index in [0.29, 0.717) is 6.04 Å². The molecule has 0 aromatic heterocycles. The van der Waals surface area contributed by atoms with Crippen LogP contribution in [0.15, 0.2) is 0 Å². The molecule has 0 unspecified atom stereocenters. The minimum absolute atomic E-state index is 0.279. The summed E-state index contributed by atoms with van der Waals surface area (Å²) in [7, 11) is 0. The van der Waals surface area contributed by atoms with Gasteiger partial charge in [0, 0.05) is 6.04 Å². The van der Waals surface area contributed by atoms with Crippen LogP contribution in [-0.2, 0) is 0 Å². The van der Waals surface area contributed by atoms with Crippen molar-refractivity contribution in [1.29, 1.82) is 0 Å². The molecule has 0 spiro atoms. The molecule has 0 aromatic carbocycles. The maximum Gasteiger partial charge on any atom is 0.0584 e. The molecule has 16 heavy (non-hydrogen) atoms.